The summed E-state index contributed by atoms with van der Waals surface area (Å²) in [4.78, 5) is 9.06. The first-order chi connectivity index (χ1) is 10.4. The number of hydrogen-bond acceptors (Lipinski definition) is 6. The topological polar surface area (TPSA) is 133 Å². The Labute approximate surface area is 141 Å². The molecule has 0 saturated heterocycles. The summed E-state index contributed by atoms with van der Waals surface area (Å²) >= 11 is 3.50. The molecule has 0 aromatic heterocycles. The minimum atomic E-state index is -3.79. The predicted molar refractivity (Wildman–Crippen MR) is 92.8 cm³/mol. The Kier molecular flexibility index (Phi) is 8.80. The van der Waals surface area contributed by atoms with Crippen molar-refractivity contribution in [3.63, 3.8) is 0 Å². The predicted octanol–water partition coefficient (Wildman–Crippen LogP) is 1.05. The summed E-state index contributed by atoms with van der Waals surface area (Å²) in [6.45, 7) is 1.03. The van der Waals surface area contributed by atoms with Gasteiger partial charge in [-0.25, -0.2) is 4.57 Å². The number of nitrogens with two attached hydrogens (primary N) is 1. The van der Waals surface area contributed by atoms with Crippen molar-refractivity contribution in [3.8, 4) is 5.75 Å². The average Bonchev–Trinajstić information content (AvgIpc) is 2.45. The smallest absolute Gasteiger partial charge is 0.417 e. The fourth-order valence-corrected chi connectivity index (χ4v) is 2.12. The molecule has 1 aromatic rings. The van der Waals surface area contributed by atoms with E-state index in [9.17, 15) is 4.57 Å². The lowest BCUT2D eigenvalue weighted by Crippen LogP contribution is -2.50. The highest BCUT2D eigenvalue weighted by molar-refractivity contribution is 8.44. The Morgan fingerprint density at radius 2 is 1.57 bits per heavy atom. The summed E-state index contributed by atoms with van der Waals surface area (Å²) in [6, 6.07) is 7.17. The summed E-state index contributed by atoms with van der Waals surface area (Å²) < 4.78 is 16.0. The van der Waals surface area contributed by atoms with E-state index >= 15 is 0 Å². The van der Waals surface area contributed by atoms with E-state index in [1.54, 1.807) is 12.1 Å². The number of thiol groups is 1. The Morgan fingerprint density at radius 1 is 1.13 bits per heavy atom. The van der Waals surface area contributed by atoms with Crippen LogP contribution < -0.4 is 10.3 Å². The van der Waals surface area contributed by atoms with Gasteiger partial charge >= 0.3 is 6.80 Å². The van der Waals surface area contributed by atoms with Crippen molar-refractivity contribution in [2.45, 2.75) is 31.7 Å². The molecular formula is C14H26NO6PS. The van der Waals surface area contributed by atoms with Crippen LogP contribution in [0.2, 0.25) is 0 Å². The third-order valence-corrected chi connectivity index (χ3v) is 3.54. The highest BCUT2D eigenvalue weighted by Crippen LogP contribution is 2.49. The summed E-state index contributed by atoms with van der Waals surface area (Å²) in [5.74, 6) is 0.408. The van der Waals surface area contributed by atoms with Gasteiger partial charge in [-0.05, 0) is 23.7 Å². The molecular weight excluding hydrogens is 341 g/mol. The van der Waals surface area contributed by atoms with Crippen LogP contribution >= 0.6 is 19.0 Å². The fourth-order valence-electron chi connectivity index (χ4n) is 1.44. The molecule has 0 radical (unpaired) electrons. The first kappa shape index (κ1) is 22.4. The van der Waals surface area contributed by atoms with Gasteiger partial charge in [0.15, 0.2) is 0 Å². The van der Waals surface area contributed by atoms with Crippen LogP contribution in [0.1, 0.15) is 26.3 Å². The molecule has 9 heteroatoms. The van der Waals surface area contributed by atoms with Crippen LogP contribution in [0.25, 0.3) is 0 Å². The lowest BCUT2D eigenvalue weighted by molar-refractivity contribution is 0.0697. The van der Waals surface area contributed by atoms with Gasteiger partial charge in [-0.1, -0.05) is 39.0 Å². The van der Waals surface area contributed by atoms with Gasteiger partial charge in [-0.2, -0.15) is 0 Å². The quantitative estimate of drug-likeness (QED) is 0.338. The number of aliphatic hydroxyl groups excluding tert-OH is 3. The number of aliphatic hydroxyl groups is 3. The van der Waals surface area contributed by atoms with Crippen molar-refractivity contribution in [3.05, 3.63) is 29.8 Å². The first-order valence-corrected chi connectivity index (χ1v) is 9.57. The zero-order valence-electron chi connectivity index (χ0n) is 13.5. The maximum absolute atomic E-state index is 11.1. The van der Waals surface area contributed by atoms with Crippen LogP contribution in [0.5, 0.6) is 5.75 Å². The molecule has 0 fully saturated rings. The summed E-state index contributed by atoms with van der Waals surface area (Å²) in [6.07, 6.45) is 0. The van der Waals surface area contributed by atoms with Gasteiger partial charge in [0.1, 0.15) is 5.75 Å². The molecule has 0 heterocycles. The normalized spacial score (nSPS) is 14.5. The van der Waals surface area contributed by atoms with Crippen molar-refractivity contribution in [2.24, 2.45) is 5.73 Å². The van der Waals surface area contributed by atoms with Crippen LogP contribution in [0.3, 0.4) is 0 Å². The zero-order chi connectivity index (χ0) is 18.3. The molecule has 23 heavy (non-hydrogen) atoms. The molecule has 1 atom stereocenters. The van der Waals surface area contributed by atoms with Crippen LogP contribution in [-0.4, -0.2) is 45.6 Å². The van der Waals surface area contributed by atoms with E-state index in [-0.39, 0.29) is 5.41 Å². The Bertz CT molecular complexity index is 516. The van der Waals surface area contributed by atoms with E-state index in [1.165, 1.54) is 0 Å². The van der Waals surface area contributed by atoms with Gasteiger partial charge in [0.25, 0.3) is 0 Å². The van der Waals surface area contributed by atoms with Gasteiger partial charge in [0, 0.05) is 5.56 Å². The van der Waals surface area contributed by atoms with Crippen molar-refractivity contribution in [1.29, 1.82) is 0 Å². The largest absolute Gasteiger partial charge is 0.434 e. The molecule has 7 nitrogen and oxygen atoms in total. The van der Waals surface area contributed by atoms with Crippen molar-refractivity contribution in [1.82, 2.24) is 0 Å². The second-order valence-corrected chi connectivity index (χ2v) is 8.84. The van der Waals surface area contributed by atoms with Gasteiger partial charge in [-0.15, -0.1) is 0 Å². The second-order valence-electron chi connectivity index (χ2n) is 6.16. The third-order valence-electron chi connectivity index (χ3n) is 2.86. The molecule has 1 aromatic carbocycles. The molecule has 0 aliphatic rings. The van der Waals surface area contributed by atoms with Crippen LogP contribution in [0.15, 0.2) is 24.3 Å². The first-order valence-electron chi connectivity index (χ1n) is 6.84. The van der Waals surface area contributed by atoms with Gasteiger partial charge in [0.05, 0.1) is 25.4 Å². The lowest BCUT2D eigenvalue weighted by atomic mass is 9.86. The molecule has 1 rings (SSSR count). The SMILES string of the molecule is CC(C)(C)c1ccccc1OP(=O)(O)S.NC(CO)(CO)CO. The summed E-state index contributed by atoms with van der Waals surface area (Å²) in [5.41, 5.74) is 4.68. The molecule has 0 amide bonds. The van der Waals surface area contributed by atoms with Gasteiger partial charge in [0.2, 0.25) is 0 Å². The van der Waals surface area contributed by atoms with E-state index in [0.717, 1.165) is 5.56 Å². The summed E-state index contributed by atoms with van der Waals surface area (Å²) in [7, 11) is 0. The van der Waals surface area contributed by atoms with E-state index in [2.05, 4.69) is 12.2 Å². The third kappa shape index (κ3) is 8.72. The minimum Gasteiger partial charge on any atom is -0.417 e. The lowest BCUT2D eigenvalue weighted by Gasteiger charge is -2.22. The van der Waals surface area contributed by atoms with E-state index in [4.69, 9.17) is 30.5 Å². The minimum absolute atomic E-state index is 0.139. The molecule has 134 valence electrons. The standard InChI is InChI=1S/C10H15O3PS.C4H11NO3/c1-10(2,3)8-6-4-5-7-9(8)13-14(11,12)15;5-4(1-6,2-7)3-8/h4-7H,1-3H3,(H2,11,12,15);6-8H,1-3,5H2. The maximum atomic E-state index is 11.1. The zero-order valence-corrected chi connectivity index (χ0v) is 15.3. The molecule has 6 N–H and O–H groups in total. The van der Waals surface area contributed by atoms with E-state index < -0.39 is 32.2 Å². The highest BCUT2D eigenvalue weighted by atomic mass is 32.7. The fraction of sp³-hybridized carbons (Fsp3) is 0.571. The second kappa shape index (κ2) is 9.03. The molecule has 0 saturated carbocycles. The van der Waals surface area contributed by atoms with Crippen molar-refractivity contribution >= 4 is 19.0 Å². The summed E-state index contributed by atoms with van der Waals surface area (Å²) in [5, 5.41) is 25.0. The van der Waals surface area contributed by atoms with E-state index in [0.29, 0.717) is 5.75 Å². The van der Waals surface area contributed by atoms with Crippen molar-refractivity contribution < 1.29 is 29.3 Å². The number of para-hydroxylation sites is 1. The molecule has 0 bridgehead atoms. The highest BCUT2D eigenvalue weighted by Gasteiger charge is 2.22. The Balaban J connectivity index is 0.000000515. The molecule has 0 aliphatic heterocycles. The monoisotopic (exact) mass is 367 g/mol. The van der Waals surface area contributed by atoms with Crippen LogP contribution in [0, 0.1) is 0 Å². The molecule has 0 spiro atoms. The van der Waals surface area contributed by atoms with Crippen molar-refractivity contribution in [2.75, 3.05) is 19.8 Å². The van der Waals surface area contributed by atoms with Gasteiger partial charge in [-0.3, -0.25) is 0 Å². The van der Waals surface area contributed by atoms with Gasteiger partial charge < -0.3 is 30.5 Å². The number of hydrogen-bond donors (Lipinski definition) is 6. The molecule has 0 aliphatic carbocycles. The number of benzene rings is 1. The van der Waals surface area contributed by atoms with E-state index in [1.807, 2.05) is 32.9 Å². The van der Waals surface area contributed by atoms with Crippen LogP contribution in [0.4, 0.5) is 0 Å². The maximum Gasteiger partial charge on any atom is 0.434 e. The number of rotatable bonds is 5. The Hall–Kier alpha value is -0.600. The molecule has 1 unspecified atom stereocenters. The van der Waals surface area contributed by atoms with Crippen LogP contribution in [-0.2, 0) is 9.98 Å². The average molecular weight is 367 g/mol. The Morgan fingerprint density at radius 3 is 1.87 bits per heavy atom.